The van der Waals surface area contributed by atoms with Gasteiger partial charge in [-0.1, -0.05) is 166 Å². The first-order chi connectivity index (χ1) is 59.3. The SMILES string of the molecule is CCCC1(C(=O)Nc2ccc3c(c2)c2cc(NC(=O)C4(CCC)C[C@@]5(CCC)C[C@@](CCC)(C4)C(=O)NC5=O)ccc2n3-c2cccc(-n3c4ccc(NC(=O)C5(CCC)C[C@@]6(CCC)C[C@@](CCC)(C5)C(=O)NC6=O)cc4c4cc(NC(=O)C5(CCC)C[C@@]6(CCC)C[C@@](CCC)(C5)C(=O)NC6=O)ccc43)n2)C[C@@]2(CCC)C[C@@](CCC)(C1)C(=O)NC2=O. The van der Waals surface area contributed by atoms with Crippen LogP contribution in [0.25, 0.3) is 55.2 Å². The van der Waals surface area contributed by atoms with Gasteiger partial charge in [-0.15, -0.1) is 0 Å². The van der Waals surface area contributed by atoms with Crippen LogP contribution in [0.4, 0.5) is 22.7 Å². The van der Waals surface area contributed by atoms with Gasteiger partial charge in [0.25, 0.3) is 0 Å². The molecule has 124 heavy (non-hydrogen) atoms. The van der Waals surface area contributed by atoms with E-state index < -0.39 is 65.0 Å². The van der Waals surface area contributed by atoms with E-state index >= 15 is 19.2 Å². The first kappa shape index (κ1) is 88.9. The van der Waals surface area contributed by atoms with Crippen molar-refractivity contribution in [2.45, 2.75) is 314 Å². The van der Waals surface area contributed by atoms with Gasteiger partial charge in [0.15, 0.2) is 0 Å². The van der Waals surface area contributed by atoms with Gasteiger partial charge < -0.3 is 21.3 Å². The molecule has 4 aliphatic carbocycles. The second kappa shape index (κ2) is 33.4. The lowest BCUT2D eigenvalue weighted by molar-refractivity contribution is -0.171. The molecular formula is C101H131N11O12. The lowest BCUT2D eigenvalue weighted by Gasteiger charge is -2.57. The summed E-state index contributed by atoms with van der Waals surface area (Å²) in [5.74, 6) is -2.50. The molecule has 7 heterocycles. The number of amides is 12. The Bertz CT molecular complexity index is 4760. The van der Waals surface area contributed by atoms with Crippen molar-refractivity contribution in [3.63, 3.8) is 0 Å². The molecule has 4 saturated heterocycles. The molecule has 23 nitrogen and oxygen atoms in total. The van der Waals surface area contributed by atoms with Gasteiger partial charge in [-0.05, 0) is 239 Å². The Morgan fingerprint density at radius 2 is 0.444 bits per heavy atom. The number of piperidine rings is 4. The Morgan fingerprint density at radius 3 is 0.613 bits per heavy atom. The smallest absolute Gasteiger partial charge is 0.232 e. The predicted molar refractivity (Wildman–Crippen MR) is 484 cm³/mol. The number of rotatable bonds is 34. The third kappa shape index (κ3) is 14.6. The van der Waals surface area contributed by atoms with Crippen LogP contribution in [-0.4, -0.2) is 85.0 Å². The van der Waals surface area contributed by atoms with E-state index in [9.17, 15) is 38.4 Å². The van der Waals surface area contributed by atoms with Crippen LogP contribution in [0.15, 0.2) is 91.0 Å². The van der Waals surface area contributed by atoms with Crippen molar-refractivity contribution in [1.82, 2.24) is 35.4 Å². The van der Waals surface area contributed by atoms with E-state index in [-0.39, 0.29) is 70.9 Å². The first-order valence-corrected chi connectivity index (χ1v) is 47.1. The van der Waals surface area contributed by atoms with Crippen molar-refractivity contribution < 1.29 is 57.5 Å². The number of nitrogens with one attached hydrogen (secondary N) is 8. The number of carbonyl (C=O) groups is 12. The Balaban J connectivity index is 0.875. The van der Waals surface area contributed by atoms with Crippen LogP contribution in [0.3, 0.4) is 0 Å². The van der Waals surface area contributed by atoms with Crippen LogP contribution in [-0.2, 0) is 57.5 Å². The Labute approximate surface area is 729 Å². The number of benzene rings is 4. The topological polar surface area (TPSA) is 324 Å². The molecule has 0 spiro atoms. The number of fused-ring (bicyclic) bond motifs is 14. The minimum atomic E-state index is -1.08. The van der Waals surface area contributed by atoms with Crippen LogP contribution < -0.4 is 42.5 Å². The third-order valence-electron chi connectivity index (χ3n) is 31.3. The van der Waals surface area contributed by atoms with Crippen LogP contribution in [0, 0.1) is 65.0 Å². The summed E-state index contributed by atoms with van der Waals surface area (Å²) in [5, 5.41) is 27.5. The van der Waals surface area contributed by atoms with Gasteiger partial charge in [-0.3, -0.25) is 87.9 Å². The summed E-state index contributed by atoms with van der Waals surface area (Å²) in [6, 6.07) is 28.9. The molecule has 4 unspecified atom stereocenters. The molecule has 8 aliphatic rings. The maximum atomic E-state index is 15.8. The minimum Gasteiger partial charge on any atom is -0.326 e. The van der Waals surface area contributed by atoms with E-state index in [1.54, 1.807) is 0 Å². The molecule has 4 aliphatic heterocycles. The molecule has 8 bridgehead atoms. The summed E-state index contributed by atoms with van der Waals surface area (Å²) < 4.78 is 4.11. The Hall–Kier alpha value is -9.93. The highest BCUT2D eigenvalue weighted by Crippen LogP contribution is 2.67. The van der Waals surface area contributed by atoms with Crippen LogP contribution in [0.5, 0.6) is 0 Å². The molecular weight excluding hydrogens is 1560 g/mol. The van der Waals surface area contributed by atoms with Gasteiger partial charge in [-0.2, -0.15) is 0 Å². The van der Waals surface area contributed by atoms with E-state index in [1.807, 2.05) is 174 Å². The number of imide groups is 4. The van der Waals surface area contributed by atoms with E-state index in [1.165, 1.54) is 0 Å². The lowest BCUT2D eigenvalue weighted by atomic mass is 9.47. The summed E-state index contributed by atoms with van der Waals surface area (Å²) in [6.45, 7) is 24.5. The van der Waals surface area contributed by atoms with Crippen LogP contribution >= 0.6 is 0 Å². The molecule has 4 aromatic carbocycles. The van der Waals surface area contributed by atoms with Gasteiger partial charge >= 0.3 is 0 Å². The highest BCUT2D eigenvalue weighted by Gasteiger charge is 2.69. The van der Waals surface area contributed by atoms with Gasteiger partial charge in [0.1, 0.15) is 11.6 Å². The predicted octanol–water partition coefficient (Wildman–Crippen LogP) is 19.8. The van der Waals surface area contributed by atoms with Crippen molar-refractivity contribution >= 4 is 137 Å². The third-order valence-corrected chi connectivity index (χ3v) is 31.3. The number of aromatic nitrogens is 3. The zero-order valence-electron chi connectivity index (χ0n) is 75.4. The fourth-order valence-electron chi connectivity index (χ4n) is 27.7. The van der Waals surface area contributed by atoms with Crippen LogP contribution in [0.1, 0.15) is 314 Å². The zero-order valence-corrected chi connectivity index (χ0v) is 75.4. The highest BCUT2D eigenvalue weighted by atomic mass is 16.2. The fraction of sp³-hybridized carbons (Fsp3) is 0.594. The number of nitrogens with zero attached hydrogens (tertiary/aromatic N) is 3. The average Bonchev–Trinajstić information content (AvgIpc) is 1.06. The second-order valence-corrected chi connectivity index (χ2v) is 40.4. The number of pyridine rings is 1. The van der Waals surface area contributed by atoms with Crippen molar-refractivity contribution in [2.75, 3.05) is 21.3 Å². The molecule has 662 valence electrons. The summed E-state index contributed by atoms with van der Waals surface area (Å²) in [4.78, 5) is 184. The number of hydrogen-bond acceptors (Lipinski definition) is 13. The number of hydrogen-bond donors (Lipinski definition) is 8. The minimum absolute atomic E-state index is 0.258. The van der Waals surface area contributed by atoms with Gasteiger partial charge in [-0.25, -0.2) is 4.98 Å². The molecule has 0 radical (unpaired) electrons. The molecule has 12 atom stereocenters. The monoisotopic (exact) mass is 1690 g/mol. The van der Waals surface area contributed by atoms with Gasteiger partial charge in [0, 0.05) is 44.3 Å². The van der Waals surface area contributed by atoms with Crippen LogP contribution in [0.2, 0.25) is 0 Å². The van der Waals surface area contributed by atoms with Gasteiger partial charge in [0.05, 0.1) is 87.0 Å². The first-order valence-electron chi connectivity index (χ1n) is 47.1. The van der Waals surface area contributed by atoms with Crippen molar-refractivity contribution in [3.8, 4) is 11.6 Å². The van der Waals surface area contributed by atoms with E-state index in [0.29, 0.717) is 309 Å². The summed E-state index contributed by atoms with van der Waals surface area (Å²) in [7, 11) is 0. The van der Waals surface area contributed by atoms with Crippen molar-refractivity contribution in [2.24, 2.45) is 65.0 Å². The maximum absolute atomic E-state index is 15.8. The molecule has 8 N–H and O–H groups in total. The normalized spacial score (nSPS) is 30.7. The maximum Gasteiger partial charge on any atom is 0.232 e. The molecule has 12 amide bonds. The molecule has 15 rings (SSSR count). The Kier molecular flexibility index (Phi) is 24.0. The Morgan fingerprint density at radius 1 is 0.266 bits per heavy atom. The van der Waals surface area contributed by atoms with Crippen molar-refractivity contribution in [1.29, 1.82) is 0 Å². The van der Waals surface area contributed by atoms with E-state index in [4.69, 9.17) is 4.98 Å². The largest absolute Gasteiger partial charge is 0.326 e. The number of carbonyl (C=O) groups excluding carboxylic acids is 12. The van der Waals surface area contributed by atoms with Crippen molar-refractivity contribution in [3.05, 3.63) is 91.0 Å². The fourth-order valence-corrected chi connectivity index (χ4v) is 27.7. The standard InChI is InChI=1S/C101H131N11O12/c1-13-36-90(52-94(40-17-5)60-95(53-90,41-18-6)83(118)107-82(94)117)78(113)102-64-28-32-72-68(48-64)69-49-65(103-79(114)91(37-14-2)54-96(42-19-7)61-97(55-91,43-20-8)85(120)108-84(96)119)29-33-73(69)111(72)76-26-25-27-77(106-76)112-74-34-30-66(104-80(115)92(38-15-3)56-98(44-21-9)62-99(57-92,45-22-10)87(122)109-86(98)121)50-70(74)71-51-67(31-35-75(71)112)105-81(116)93(39-16-4)58-100(46-23-11)63-101(59-93,47-24-12)89(124)110-88(100)123/h25-35,48-51H,13-24,36-47,52-63H2,1-12H3,(H,102,113)(H,103,114)(H,104,115)(H,105,116)(H,107,117,118)(H,108,119,120)(H,109,121,122)(H,110,123,124)/t90?,91?,92?,93?,94-,95+,96-,97+,98-,99+,100-,101+. The summed E-state index contributed by atoms with van der Waals surface area (Å²) in [5.41, 5.74) is -6.97. The molecule has 23 heteroatoms. The second-order valence-electron chi connectivity index (χ2n) is 40.4. The lowest BCUT2D eigenvalue weighted by Crippen LogP contribution is -2.65. The molecule has 7 aromatic rings. The number of anilines is 4. The molecule has 8 fully saturated rings. The molecule has 3 aromatic heterocycles. The van der Waals surface area contributed by atoms with E-state index in [2.05, 4.69) is 51.7 Å². The zero-order chi connectivity index (χ0) is 88.6. The summed E-state index contributed by atoms with van der Waals surface area (Å²) >= 11 is 0. The van der Waals surface area contributed by atoms with Gasteiger partial charge in [0.2, 0.25) is 70.9 Å². The summed E-state index contributed by atoms with van der Waals surface area (Å²) in [6.07, 6.45) is 18.1. The highest BCUT2D eigenvalue weighted by molar-refractivity contribution is 6.16. The van der Waals surface area contributed by atoms with E-state index in [0.717, 1.165) is 0 Å². The average molecular weight is 1690 g/mol. The molecule has 4 saturated carbocycles. The quantitative estimate of drug-likeness (QED) is 0.0174.